The van der Waals surface area contributed by atoms with Gasteiger partial charge in [0.25, 0.3) is 0 Å². The monoisotopic (exact) mass is 419 g/mol. The number of hydrogen-bond donors (Lipinski definition) is 0. The zero-order chi connectivity index (χ0) is 20.8. The molecular formula is C19H25N5O4S. The summed E-state index contributed by atoms with van der Waals surface area (Å²) < 4.78 is 12.1. The highest BCUT2D eigenvalue weighted by atomic mass is 32.2. The molecule has 0 atom stereocenters. The highest BCUT2D eigenvalue weighted by Crippen LogP contribution is 2.27. The van der Waals surface area contributed by atoms with E-state index in [1.165, 1.54) is 11.8 Å². The fourth-order valence-electron chi connectivity index (χ4n) is 3.23. The molecule has 0 radical (unpaired) electrons. The van der Waals surface area contributed by atoms with Crippen molar-refractivity contribution < 1.29 is 19.1 Å². The number of esters is 1. The standard InChI is InChI=1S/C19H25N5O4S/c1-4-28-18(26)14-7-9-23(10-8-14)17(25)12-29-19-20-21-22-24(19)15-11-13(2)5-6-16(15)27-3/h5-6,11,14H,4,7-10,12H2,1-3H3. The van der Waals surface area contributed by atoms with Crippen LogP contribution in [0.25, 0.3) is 5.69 Å². The van der Waals surface area contributed by atoms with Crippen molar-refractivity contribution in [3.05, 3.63) is 23.8 Å². The lowest BCUT2D eigenvalue weighted by atomic mass is 9.97. The van der Waals surface area contributed by atoms with Gasteiger partial charge >= 0.3 is 5.97 Å². The Morgan fingerprint density at radius 2 is 2.03 bits per heavy atom. The Kier molecular flexibility index (Phi) is 7.08. The molecule has 2 heterocycles. The smallest absolute Gasteiger partial charge is 0.309 e. The number of hydrogen-bond acceptors (Lipinski definition) is 8. The predicted molar refractivity (Wildman–Crippen MR) is 107 cm³/mol. The number of methoxy groups -OCH3 is 1. The minimum absolute atomic E-state index is 0.00284. The number of tetrazole rings is 1. The summed E-state index contributed by atoms with van der Waals surface area (Å²) in [5.74, 6) is 0.589. The van der Waals surface area contributed by atoms with Crippen molar-refractivity contribution in [1.82, 2.24) is 25.1 Å². The molecule has 1 aliphatic rings. The Balaban J connectivity index is 1.60. The minimum Gasteiger partial charge on any atom is -0.494 e. The number of piperidine rings is 1. The summed E-state index contributed by atoms with van der Waals surface area (Å²) >= 11 is 1.28. The van der Waals surface area contributed by atoms with Gasteiger partial charge in [0.05, 0.1) is 25.4 Å². The number of aryl methyl sites for hydroxylation is 1. The number of carbonyl (C=O) groups excluding carboxylic acids is 2. The molecule has 1 aliphatic heterocycles. The second-order valence-electron chi connectivity index (χ2n) is 6.74. The van der Waals surface area contributed by atoms with Gasteiger partial charge < -0.3 is 14.4 Å². The molecule has 2 aromatic rings. The van der Waals surface area contributed by atoms with E-state index in [-0.39, 0.29) is 23.5 Å². The van der Waals surface area contributed by atoms with E-state index >= 15 is 0 Å². The van der Waals surface area contributed by atoms with E-state index in [2.05, 4.69) is 15.5 Å². The quantitative estimate of drug-likeness (QED) is 0.495. The zero-order valence-corrected chi connectivity index (χ0v) is 17.6. The van der Waals surface area contributed by atoms with Gasteiger partial charge in [-0.05, 0) is 54.8 Å². The first-order valence-electron chi connectivity index (χ1n) is 9.54. The van der Waals surface area contributed by atoms with Crippen molar-refractivity contribution in [3.63, 3.8) is 0 Å². The molecule has 0 bridgehead atoms. The van der Waals surface area contributed by atoms with E-state index in [4.69, 9.17) is 9.47 Å². The maximum atomic E-state index is 12.6. The summed E-state index contributed by atoms with van der Waals surface area (Å²) in [7, 11) is 1.59. The van der Waals surface area contributed by atoms with Crippen LogP contribution in [0.1, 0.15) is 25.3 Å². The largest absolute Gasteiger partial charge is 0.494 e. The molecule has 0 spiro atoms. The molecule has 0 N–H and O–H groups in total. The van der Waals surface area contributed by atoms with Crippen molar-refractivity contribution in [2.75, 3.05) is 32.6 Å². The molecule has 1 saturated heterocycles. The van der Waals surface area contributed by atoms with Gasteiger partial charge in [0, 0.05) is 13.1 Å². The van der Waals surface area contributed by atoms with E-state index in [0.29, 0.717) is 43.4 Å². The number of thioether (sulfide) groups is 1. The van der Waals surface area contributed by atoms with E-state index in [0.717, 1.165) is 11.3 Å². The summed E-state index contributed by atoms with van der Waals surface area (Å²) in [6, 6.07) is 5.74. The summed E-state index contributed by atoms with van der Waals surface area (Å²) in [5.41, 5.74) is 1.77. The van der Waals surface area contributed by atoms with Gasteiger partial charge in [0.2, 0.25) is 11.1 Å². The first-order valence-corrected chi connectivity index (χ1v) is 10.5. The molecular weight excluding hydrogens is 394 g/mol. The van der Waals surface area contributed by atoms with Crippen LogP contribution < -0.4 is 4.74 Å². The molecule has 1 fully saturated rings. The highest BCUT2D eigenvalue weighted by molar-refractivity contribution is 7.99. The lowest BCUT2D eigenvalue weighted by Crippen LogP contribution is -2.41. The maximum Gasteiger partial charge on any atom is 0.309 e. The molecule has 1 aromatic heterocycles. The van der Waals surface area contributed by atoms with Gasteiger partial charge in [-0.15, -0.1) is 5.10 Å². The summed E-state index contributed by atoms with van der Waals surface area (Å²) in [6.45, 7) is 5.27. The highest BCUT2D eigenvalue weighted by Gasteiger charge is 2.28. The minimum atomic E-state index is -0.166. The number of nitrogens with zero attached hydrogens (tertiary/aromatic N) is 5. The Morgan fingerprint density at radius 1 is 1.28 bits per heavy atom. The second-order valence-corrected chi connectivity index (χ2v) is 7.69. The van der Waals surface area contributed by atoms with Gasteiger partial charge in [-0.1, -0.05) is 17.8 Å². The molecule has 0 saturated carbocycles. The number of rotatable bonds is 7. The number of aromatic nitrogens is 4. The van der Waals surface area contributed by atoms with Crippen molar-refractivity contribution in [1.29, 1.82) is 0 Å². The predicted octanol–water partition coefficient (Wildman–Crippen LogP) is 1.87. The number of ether oxygens (including phenoxy) is 2. The van der Waals surface area contributed by atoms with E-state index < -0.39 is 0 Å². The third-order valence-electron chi connectivity index (χ3n) is 4.80. The van der Waals surface area contributed by atoms with Crippen molar-refractivity contribution in [2.45, 2.75) is 31.8 Å². The van der Waals surface area contributed by atoms with Crippen LogP contribution in [0, 0.1) is 12.8 Å². The van der Waals surface area contributed by atoms with Crippen LogP contribution in [0.5, 0.6) is 5.75 Å². The number of benzene rings is 1. The normalized spacial score (nSPS) is 14.7. The molecule has 9 nitrogen and oxygen atoms in total. The van der Waals surface area contributed by atoms with Crippen LogP contribution in [0.4, 0.5) is 0 Å². The summed E-state index contributed by atoms with van der Waals surface area (Å²) in [4.78, 5) is 26.2. The third kappa shape index (κ3) is 5.06. The molecule has 1 aromatic carbocycles. The van der Waals surface area contributed by atoms with Crippen LogP contribution in [-0.2, 0) is 14.3 Å². The second kappa shape index (κ2) is 9.73. The van der Waals surface area contributed by atoms with Crippen molar-refractivity contribution in [2.24, 2.45) is 5.92 Å². The molecule has 3 rings (SSSR count). The Morgan fingerprint density at radius 3 is 2.72 bits per heavy atom. The fraction of sp³-hybridized carbons (Fsp3) is 0.526. The van der Waals surface area contributed by atoms with Gasteiger partial charge in [-0.2, -0.15) is 4.68 Å². The van der Waals surface area contributed by atoms with Gasteiger partial charge in [-0.3, -0.25) is 9.59 Å². The lowest BCUT2D eigenvalue weighted by Gasteiger charge is -2.30. The number of carbonyl (C=O) groups is 2. The van der Waals surface area contributed by atoms with Crippen LogP contribution in [0.3, 0.4) is 0 Å². The molecule has 10 heteroatoms. The zero-order valence-electron chi connectivity index (χ0n) is 16.8. The lowest BCUT2D eigenvalue weighted by molar-refractivity contribution is -0.151. The molecule has 156 valence electrons. The van der Waals surface area contributed by atoms with Crippen molar-refractivity contribution >= 4 is 23.6 Å². The summed E-state index contributed by atoms with van der Waals surface area (Å²) in [6.07, 6.45) is 1.26. The summed E-state index contributed by atoms with van der Waals surface area (Å²) in [5, 5.41) is 12.4. The third-order valence-corrected chi connectivity index (χ3v) is 5.70. The number of likely N-dealkylation sites (tertiary alicyclic amines) is 1. The van der Waals surface area contributed by atoms with E-state index in [1.54, 1.807) is 23.6 Å². The van der Waals surface area contributed by atoms with Crippen LogP contribution >= 0.6 is 11.8 Å². The average Bonchev–Trinajstić information content (AvgIpc) is 3.20. The van der Waals surface area contributed by atoms with Crippen molar-refractivity contribution in [3.8, 4) is 11.4 Å². The van der Waals surface area contributed by atoms with Crippen LogP contribution in [-0.4, -0.2) is 69.5 Å². The van der Waals surface area contributed by atoms with Gasteiger partial charge in [0.15, 0.2) is 0 Å². The fourth-order valence-corrected chi connectivity index (χ4v) is 4.01. The molecule has 29 heavy (non-hydrogen) atoms. The molecule has 0 unspecified atom stereocenters. The van der Waals surface area contributed by atoms with Gasteiger partial charge in [0.1, 0.15) is 11.4 Å². The SMILES string of the molecule is CCOC(=O)C1CCN(C(=O)CSc2nnnn2-c2cc(C)ccc2OC)CC1. The Bertz CT molecular complexity index is 864. The topological polar surface area (TPSA) is 99.4 Å². The number of amides is 1. The van der Waals surface area contributed by atoms with E-state index in [1.807, 2.05) is 25.1 Å². The average molecular weight is 420 g/mol. The molecule has 1 amide bonds. The van der Waals surface area contributed by atoms with E-state index in [9.17, 15) is 9.59 Å². The van der Waals surface area contributed by atoms with Gasteiger partial charge in [-0.25, -0.2) is 0 Å². The van der Waals surface area contributed by atoms with Crippen LogP contribution in [0.2, 0.25) is 0 Å². The Hall–Kier alpha value is -2.62. The molecule has 0 aliphatic carbocycles. The first kappa shape index (κ1) is 21.1. The first-order chi connectivity index (χ1) is 14.0. The van der Waals surface area contributed by atoms with Crippen LogP contribution in [0.15, 0.2) is 23.4 Å². The Labute approximate surface area is 173 Å². The maximum absolute atomic E-state index is 12.6.